The first-order valence-electron chi connectivity index (χ1n) is 6.03. The van der Waals surface area contributed by atoms with Crippen LogP contribution in [0.15, 0.2) is 12.1 Å². The van der Waals surface area contributed by atoms with Crippen LogP contribution in [0.1, 0.15) is 25.7 Å². The van der Waals surface area contributed by atoms with Crippen molar-refractivity contribution in [2.45, 2.75) is 31.3 Å². The molecule has 0 unspecified atom stereocenters. The first-order chi connectivity index (χ1) is 8.96. The lowest BCUT2D eigenvalue weighted by atomic mass is 10.0. The molecular formula is C13H15F2NO3. The molecule has 0 aliphatic heterocycles. The number of hydrogen-bond acceptors (Lipinski definition) is 3. The summed E-state index contributed by atoms with van der Waals surface area (Å²) in [6, 6.07) is 1.91. The number of carbonyl (C=O) groups excluding carboxylic acids is 1. The minimum atomic E-state index is -1.44. The summed E-state index contributed by atoms with van der Waals surface area (Å²) in [6.07, 6.45) is 2.24. The highest BCUT2D eigenvalue weighted by Crippen LogP contribution is 2.31. The molecule has 1 amide bonds. The predicted octanol–water partition coefficient (Wildman–Crippen LogP) is 2.22. The topological polar surface area (TPSA) is 58.6 Å². The Morgan fingerprint density at radius 2 is 1.84 bits per heavy atom. The van der Waals surface area contributed by atoms with Crippen molar-refractivity contribution in [3.63, 3.8) is 0 Å². The highest BCUT2D eigenvalue weighted by molar-refractivity contribution is 5.97. The monoisotopic (exact) mass is 271 g/mol. The highest BCUT2D eigenvalue weighted by atomic mass is 19.1. The van der Waals surface area contributed by atoms with Crippen molar-refractivity contribution in [1.82, 2.24) is 0 Å². The van der Waals surface area contributed by atoms with Gasteiger partial charge in [-0.05, 0) is 25.7 Å². The summed E-state index contributed by atoms with van der Waals surface area (Å²) in [5, 5.41) is 12.4. The van der Waals surface area contributed by atoms with Gasteiger partial charge in [0.25, 0.3) is 5.91 Å². The number of methoxy groups -OCH3 is 1. The zero-order valence-corrected chi connectivity index (χ0v) is 10.5. The van der Waals surface area contributed by atoms with Crippen molar-refractivity contribution in [2.75, 3.05) is 12.4 Å². The molecule has 2 N–H and O–H groups in total. The number of amides is 1. The Balaban J connectivity index is 2.18. The fourth-order valence-corrected chi connectivity index (χ4v) is 2.26. The summed E-state index contributed by atoms with van der Waals surface area (Å²) in [5.41, 5.74) is -1.48. The highest BCUT2D eigenvalue weighted by Gasteiger charge is 2.38. The molecule has 1 aromatic carbocycles. The van der Waals surface area contributed by atoms with Gasteiger partial charge in [-0.15, -0.1) is 0 Å². The SMILES string of the molecule is COc1c(F)cc(NC(=O)C2(O)CCCC2)cc1F. The number of aliphatic hydroxyl groups is 1. The van der Waals surface area contributed by atoms with Crippen LogP contribution in [-0.4, -0.2) is 23.7 Å². The van der Waals surface area contributed by atoms with Gasteiger partial charge in [0.1, 0.15) is 5.60 Å². The number of anilines is 1. The molecule has 6 heteroatoms. The number of carbonyl (C=O) groups is 1. The van der Waals surface area contributed by atoms with E-state index < -0.39 is 28.9 Å². The summed E-state index contributed by atoms with van der Waals surface area (Å²) in [4.78, 5) is 11.9. The Bertz CT molecular complexity index is 476. The fourth-order valence-electron chi connectivity index (χ4n) is 2.26. The van der Waals surface area contributed by atoms with Crippen LogP contribution < -0.4 is 10.1 Å². The van der Waals surface area contributed by atoms with Gasteiger partial charge in [-0.3, -0.25) is 4.79 Å². The van der Waals surface area contributed by atoms with Crippen LogP contribution >= 0.6 is 0 Å². The van der Waals surface area contributed by atoms with Crippen molar-refractivity contribution in [3.05, 3.63) is 23.8 Å². The third-order valence-corrected chi connectivity index (χ3v) is 3.31. The number of ether oxygens (including phenoxy) is 1. The molecule has 0 spiro atoms. The van der Waals surface area contributed by atoms with Crippen LogP contribution in [0.4, 0.5) is 14.5 Å². The van der Waals surface area contributed by atoms with Crippen molar-refractivity contribution < 1.29 is 23.4 Å². The fraction of sp³-hybridized carbons (Fsp3) is 0.462. The van der Waals surface area contributed by atoms with E-state index >= 15 is 0 Å². The van der Waals surface area contributed by atoms with Gasteiger partial charge in [-0.25, -0.2) is 8.78 Å². The Morgan fingerprint density at radius 1 is 1.32 bits per heavy atom. The molecule has 0 aromatic heterocycles. The van der Waals surface area contributed by atoms with Crippen LogP contribution in [-0.2, 0) is 4.79 Å². The normalized spacial score (nSPS) is 17.3. The van der Waals surface area contributed by atoms with Gasteiger partial charge >= 0.3 is 0 Å². The Hall–Kier alpha value is -1.69. The number of nitrogens with one attached hydrogen (secondary N) is 1. The van der Waals surface area contributed by atoms with Crippen LogP contribution in [0.2, 0.25) is 0 Å². The second kappa shape index (κ2) is 5.13. The number of benzene rings is 1. The number of rotatable bonds is 3. The molecule has 1 fully saturated rings. The van der Waals surface area contributed by atoms with E-state index in [4.69, 9.17) is 0 Å². The average molecular weight is 271 g/mol. The molecule has 0 bridgehead atoms. The zero-order chi connectivity index (χ0) is 14.0. The summed E-state index contributed by atoms with van der Waals surface area (Å²) >= 11 is 0. The third kappa shape index (κ3) is 2.68. The third-order valence-electron chi connectivity index (χ3n) is 3.31. The van der Waals surface area contributed by atoms with Gasteiger partial charge in [0.15, 0.2) is 17.4 Å². The van der Waals surface area contributed by atoms with Crippen LogP contribution in [0.25, 0.3) is 0 Å². The maximum absolute atomic E-state index is 13.5. The van der Waals surface area contributed by atoms with Crippen molar-refractivity contribution in [3.8, 4) is 5.75 Å². The number of hydrogen-bond donors (Lipinski definition) is 2. The quantitative estimate of drug-likeness (QED) is 0.886. The number of halogens is 2. The summed E-state index contributed by atoms with van der Waals surface area (Å²) in [5.74, 6) is -2.95. The lowest BCUT2D eigenvalue weighted by Crippen LogP contribution is -2.40. The second-order valence-corrected chi connectivity index (χ2v) is 4.67. The molecule has 1 aromatic rings. The molecule has 4 nitrogen and oxygen atoms in total. The maximum atomic E-state index is 13.5. The molecule has 0 saturated heterocycles. The van der Waals surface area contributed by atoms with Gasteiger partial charge in [0, 0.05) is 17.8 Å². The Kier molecular flexibility index (Phi) is 3.71. The lowest BCUT2D eigenvalue weighted by Gasteiger charge is -2.21. The molecule has 0 heterocycles. The summed E-state index contributed by atoms with van der Waals surface area (Å²) < 4.78 is 31.5. The Labute approximate surface area is 109 Å². The van der Waals surface area contributed by atoms with E-state index in [0.717, 1.165) is 32.1 Å². The molecule has 0 atom stereocenters. The van der Waals surface area contributed by atoms with Crippen molar-refractivity contribution in [2.24, 2.45) is 0 Å². The van der Waals surface area contributed by atoms with E-state index in [9.17, 15) is 18.7 Å². The first-order valence-corrected chi connectivity index (χ1v) is 6.03. The molecule has 1 saturated carbocycles. The van der Waals surface area contributed by atoms with Gasteiger partial charge in [-0.2, -0.15) is 0 Å². The minimum absolute atomic E-state index is 0.0406. The maximum Gasteiger partial charge on any atom is 0.256 e. The lowest BCUT2D eigenvalue weighted by molar-refractivity contribution is -0.133. The second-order valence-electron chi connectivity index (χ2n) is 4.67. The van der Waals surface area contributed by atoms with Gasteiger partial charge in [0.2, 0.25) is 0 Å². The average Bonchev–Trinajstić information content (AvgIpc) is 2.77. The van der Waals surface area contributed by atoms with Gasteiger partial charge in [-0.1, -0.05) is 0 Å². The first kappa shape index (κ1) is 13.7. The van der Waals surface area contributed by atoms with Gasteiger partial charge < -0.3 is 15.2 Å². The summed E-state index contributed by atoms with van der Waals surface area (Å²) in [6.45, 7) is 0. The molecule has 104 valence electrons. The van der Waals surface area contributed by atoms with E-state index in [0.29, 0.717) is 12.8 Å². The predicted molar refractivity (Wildman–Crippen MR) is 65.0 cm³/mol. The molecule has 1 aliphatic rings. The van der Waals surface area contributed by atoms with Gasteiger partial charge in [0.05, 0.1) is 7.11 Å². The zero-order valence-electron chi connectivity index (χ0n) is 10.5. The molecule has 19 heavy (non-hydrogen) atoms. The smallest absolute Gasteiger partial charge is 0.256 e. The summed E-state index contributed by atoms with van der Waals surface area (Å²) in [7, 11) is 1.15. The Morgan fingerprint density at radius 3 is 2.32 bits per heavy atom. The van der Waals surface area contributed by atoms with E-state index in [1.807, 2.05) is 0 Å². The van der Waals surface area contributed by atoms with Crippen molar-refractivity contribution >= 4 is 11.6 Å². The van der Waals surface area contributed by atoms with Crippen LogP contribution in [0.5, 0.6) is 5.75 Å². The van der Waals surface area contributed by atoms with Crippen molar-refractivity contribution in [1.29, 1.82) is 0 Å². The minimum Gasteiger partial charge on any atom is -0.491 e. The van der Waals surface area contributed by atoms with E-state index in [1.165, 1.54) is 0 Å². The molecule has 1 aliphatic carbocycles. The molecule has 0 radical (unpaired) electrons. The van der Waals surface area contributed by atoms with E-state index in [1.54, 1.807) is 0 Å². The molecular weight excluding hydrogens is 256 g/mol. The van der Waals surface area contributed by atoms with E-state index in [2.05, 4.69) is 10.1 Å². The standard InChI is InChI=1S/C13H15F2NO3/c1-19-11-9(14)6-8(7-10(11)15)16-12(17)13(18)4-2-3-5-13/h6-7,18H,2-5H2,1H3,(H,16,17). The van der Waals surface area contributed by atoms with Crippen LogP contribution in [0, 0.1) is 11.6 Å². The van der Waals surface area contributed by atoms with Crippen LogP contribution in [0.3, 0.4) is 0 Å². The van der Waals surface area contributed by atoms with E-state index in [-0.39, 0.29) is 5.69 Å². The largest absolute Gasteiger partial charge is 0.491 e. The molecule has 2 rings (SSSR count).